The van der Waals surface area contributed by atoms with Crippen molar-refractivity contribution in [3.8, 4) is 0 Å². The number of carbonyl (C=O) groups excluding carboxylic acids is 2. The number of hydrogen-bond donors (Lipinski definition) is 2. The van der Waals surface area contributed by atoms with Gasteiger partial charge in [-0.3, -0.25) is 4.79 Å². The highest BCUT2D eigenvalue weighted by Gasteiger charge is 2.25. The summed E-state index contributed by atoms with van der Waals surface area (Å²) < 4.78 is 4.65. The number of hydrogen-bond acceptors (Lipinski definition) is 4. The highest BCUT2D eigenvalue weighted by Crippen LogP contribution is 2.18. The van der Waals surface area contributed by atoms with E-state index in [-0.39, 0.29) is 5.91 Å². The van der Waals surface area contributed by atoms with Crippen LogP contribution in [0.25, 0.3) is 0 Å². The Balaban J connectivity index is 2.93. The predicted molar refractivity (Wildman–Crippen MR) is 74.3 cm³/mol. The summed E-state index contributed by atoms with van der Waals surface area (Å²) in [5.74, 6) is -0.527. The Morgan fingerprint density at radius 2 is 1.89 bits per heavy atom. The van der Waals surface area contributed by atoms with E-state index in [4.69, 9.17) is 0 Å². The molecule has 5 heteroatoms. The Kier molecular flexibility index (Phi) is 4.67. The highest BCUT2D eigenvalue weighted by atomic mass is 16.5. The number of nitrogens with one attached hydrogen (secondary N) is 2. The molecule has 2 N–H and O–H groups in total. The Labute approximate surface area is 113 Å². The van der Waals surface area contributed by atoms with Gasteiger partial charge in [-0.1, -0.05) is 0 Å². The molecule has 0 aliphatic carbocycles. The smallest absolute Gasteiger partial charge is 0.337 e. The maximum absolute atomic E-state index is 12.0. The molecule has 19 heavy (non-hydrogen) atoms. The Hall–Kier alpha value is -1.88. The molecule has 0 spiro atoms. The predicted octanol–water partition coefficient (Wildman–Crippen LogP) is 1.72. The normalized spacial score (nSPS) is 11.0. The minimum absolute atomic E-state index is 0.135. The first-order valence-corrected chi connectivity index (χ1v) is 6.01. The second-order valence-electron chi connectivity index (χ2n) is 4.85. The van der Waals surface area contributed by atoms with Gasteiger partial charge in [0.25, 0.3) is 0 Å². The van der Waals surface area contributed by atoms with Crippen LogP contribution in [0.15, 0.2) is 18.2 Å². The van der Waals surface area contributed by atoms with Crippen LogP contribution in [-0.4, -0.2) is 31.6 Å². The van der Waals surface area contributed by atoms with Crippen molar-refractivity contribution in [1.82, 2.24) is 5.32 Å². The topological polar surface area (TPSA) is 67.4 Å². The first kappa shape index (κ1) is 15.2. The van der Waals surface area contributed by atoms with Crippen LogP contribution < -0.4 is 10.6 Å². The molecule has 0 saturated heterocycles. The second kappa shape index (κ2) is 5.84. The lowest BCUT2D eigenvalue weighted by Gasteiger charge is -2.23. The summed E-state index contributed by atoms with van der Waals surface area (Å²) >= 11 is 0. The van der Waals surface area contributed by atoms with Crippen molar-refractivity contribution in [2.45, 2.75) is 26.3 Å². The average molecular weight is 264 g/mol. The van der Waals surface area contributed by atoms with Crippen molar-refractivity contribution in [3.63, 3.8) is 0 Å². The Morgan fingerprint density at radius 1 is 1.26 bits per heavy atom. The molecule has 0 fully saturated rings. The number of ether oxygens (including phenoxy) is 1. The van der Waals surface area contributed by atoms with Crippen LogP contribution >= 0.6 is 0 Å². The number of methoxy groups -OCH3 is 1. The van der Waals surface area contributed by atoms with Crippen molar-refractivity contribution < 1.29 is 14.3 Å². The van der Waals surface area contributed by atoms with Crippen molar-refractivity contribution in [2.75, 3.05) is 19.5 Å². The molecule has 1 aromatic carbocycles. The summed E-state index contributed by atoms with van der Waals surface area (Å²) in [7, 11) is 3.07. The minimum atomic E-state index is -0.659. The molecule has 0 aliphatic rings. The van der Waals surface area contributed by atoms with Crippen molar-refractivity contribution in [1.29, 1.82) is 0 Å². The third-order valence-corrected chi connectivity index (χ3v) is 3.09. The van der Waals surface area contributed by atoms with E-state index in [0.717, 1.165) is 5.56 Å². The number of rotatable bonds is 4. The zero-order chi connectivity index (χ0) is 14.6. The molecule has 1 amide bonds. The molecule has 0 radical (unpaired) electrons. The van der Waals surface area contributed by atoms with Crippen molar-refractivity contribution in [2.24, 2.45) is 0 Å². The van der Waals surface area contributed by atoms with Gasteiger partial charge >= 0.3 is 5.97 Å². The Bertz CT molecular complexity index is 495. The lowest BCUT2D eigenvalue weighted by atomic mass is 10.0. The first-order chi connectivity index (χ1) is 8.81. The average Bonchev–Trinajstić information content (AvgIpc) is 2.39. The largest absolute Gasteiger partial charge is 0.465 e. The van der Waals surface area contributed by atoms with E-state index >= 15 is 0 Å². The van der Waals surface area contributed by atoms with E-state index in [1.54, 1.807) is 39.1 Å². The standard InChI is InChI=1S/C14H20N2O3/c1-9-8-10(12(17)19-5)6-7-11(9)16-13(18)14(2,3)15-4/h6-8,15H,1-5H3,(H,16,18). The molecule has 0 heterocycles. The first-order valence-electron chi connectivity index (χ1n) is 6.01. The van der Waals surface area contributed by atoms with Crippen LogP contribution in [-0.2, 0) is 9.53 Å². The van der Waals surface area contributed by atoms with Crippen LogP contribution in [0.1, 0.15) is 29.8 Å². The van der Waals surface area contributed by atoms with Gasteiger partial charge in [-0.25, -0.2) is 4.79 Å². The third-order valence-electron chi connectivity index (χ3n) is 3.09. The lowest BCUT2D eigenvalue weighted by Crippen LogP contribution is -2.48. The Morgan fingerprint density at radius 3 is 2.37 bits per heavy atom. The maximum atomic E-state index is 12.0. The maximum Gasteiger partial charge on any atom is 0.337 e. The zero-order valence-corrected chi connectivity index (χ0v) is 12.0. The van der Waals surface area contributed by atoms with E-state index < -0.39 is 11.5 Å². The van der Waals surface area contributed by atoms with Gasteiger partial charge in [-0.15, -0.1) is 0 Å². The number of benzene rings is 1. The van der Waals surface area contributed by atoms with Crippen LogP contribution in [0.3, 0.4) is 0 Å². The fraction of sp³-hybridized carbons (Fsp3) is 0.429. The fourth-order valence-corrected chi connectivity index (χ4v) is 1.44. The summed E-state index contributed by atoms with van der Waals surface area (Å²) in [6.07, 6.45) is 0. The fourth-order valence-electron chi connectivity index (χ4n) is 1.44. The van der Waals surface area contributed by atoms with Gasteiger partial charge in [0.2, 0.25) is 5.91 Å². The van der Waals surface area contributed by atoms with E-state index in [0.29, 0.717) is 11.3 Å². The molecule has 1 rings (SSSR count). The van der Waals surface area contributed by atoms with Gasteiger partial charge in [0.1, 0.15) is 0 Å². The van der Waals surface area contributed by atoms with Gasteiger partial charge in [-0.05, 0) is 51.6 Å². The number of likely N-dealkylation sites (N-methyl/N-ethyl adjacent to an activating group) is 1. The van der Waals surface area contributed by atoms with Crippen LogP contribution in [0.5, 0.6) is 0 Å². The summed E-state index contributed by atoms with van der Waals surface area (Å²) in [6.45, 7) is 5.41. The second-order valence-corrected chi connectivity index (χ2v) is 4.85. The molecule has 0 aliphatic heterocycles. The highest BCUT2D eigenvalue weighted by molar-refractivity contribution is 5.98. The molecular weight excluding hydrogens is 244 g/mol. The number of esters is 1. The summed E-state index contributed by atoms with van der Waals surface area (Å²) in [5.41, 5.74) is 1.29. The molecule has 104 valence electrons. The van der Waals surface area contributed by atoms with E-state index in [9.17, 15) is 9.59 Å². The molecule has 0 saturated carbocycles. The van der Waals surface area contributed by atoms with Gasteiger partial charge in [0.15, 0.2) is 0 Å². The number of aryl methyl sites for hydroxylation is 1. The van der Waals surface area contributed by atoms with Gasteiger partial charge in [0, 0.05) is 5.69 Å². The number of amides is 1. The van der Waals surface area contributed by atoms with Crippen molar-refractivity contribution in [3.05, 3.63) is 29.3 Å². The number of carbonyl (C=O) groups is 2. The minimum Gasteiger partial charge on any atom is -0.465 e. The van der Waals surface area contributed by atoms with Gasteiger partial charge < -0.3 is 15.4 Å². The monoisotopic (exact) mass is 264 g/mol. The molecule has 0 atom stereocenters. The summed E-state index contributed by atoms with van der Waals surface area (Å²) in [5, 5.41) is 5.77. The third kappa shape index (κ3) is 3.54. The molecule has 1 aromatic rings. The molecule has 5 nitrogen and oxygen atoms in total. The lowest BCUT2D eigenvalue weighted by molar-refractivity contribution is -0.121. The molecular formula is C14H20N2O3. The van der Waals surface area contributed by atoms with E-state index in [2.05, 4.69) is 15.4 Å². The summed E-state index contributed by atoms with van der Waals surface area (Å²) in [4.78, 5) is 23.4. The van der Waals surface area contributed by atoms with Crippen LogP contribution in [0.4, 0.5) is 5.69 Å². The van der Waals surface area contributed by atoms with Crippen LogP contribution in [0, 0.1) is 6.92 Å². The molecule has 0 unspecified atom stereocenters. The molecule has 0 aromatic heterocycles. The SMILES string of the molecule is CNC(C)(C)C(=O)Nc1ccc(C(=O)OC)cc1C. The van der Waals surface area contributed by atoms with E-state index in [1.807, 2.05) is 6.92 Å². The quantitative estimate of drug-likeness (QED) is 0.813. The number of anilines is 1. The van der Waals surface area contributed by atoms with Gasteiger partial charge in [-0.2, -0.15) is 0 Å². The zero-order valence-electron chi connectivity index (χ0n) is 12.0. The summed E-state index contributed by atoms with van der Waals surface area (Å²) in [6, 6.07) is 5.01. The van der Waals surface area contributed by atoms with Crippen molar-refractivity contribution >= 4 is 17.6 Å². The van der Waals surface area contributed by atoms with E-state index in [1.165, 1.54) is 7.11 Å². The van der Waals surface area contributed by atoms with Crippen LogP contribution in [0.2, 0.25) is 0 Å². The van der Waals surface area contributed by atoms with Gasteiger partial charge in [0.05, 0.1) is 18.2 Å². The molecule has 0 bridgehead atoms.